The summed E-state index contributed by atoms with van der Waals surface area (Å²) < 4.78 is 10.5. The van der Waals surface area contributed by atoms with Gasteiger partial charge in [-0.15, -0.1) is 11.3 Å². The molecule has 140 valence electrons. The molecule has 0 saturated carbocycles. The minimum absolute atomic E-state index is 0.00383. The maximum Gasteiger partial charge on any atom is 0.270 e. The number of aromatic nitrogens is 1. The molecule has 0 aliphatic rings. The standard InChI is InChI=1S/C18H23N3O4S/c1-12-6-13(2)8-14(7-12)25-10-17-21-15(11-26-17)18(23)20-5-4-19-16(22)9-24-3/h6-8,11H,4-5,9-10H2,1-3H3,(H,19,22)(H,20,23). The predicted octanol–water partition coefficient (Wildman–Crippen LogP) is 1.83. The highest BCUT2D eigenvalue weighted by atomic mass is 32.1. The van der Waals surface area contributed by atoms with Gasteiger partial charge in [0.25, 0.3) is 5.91 Å². The first-order valence-corrected chi connectivity index (χ1v) is 9.05. The summed E-state index contributed by atoms with van der Waals surface area (Å²) in [6, 6.07) is 6.01. The maximum absolute atomic E-state index is 12.0. The number of methoxy groups -OCH3 is 1. The third kappa shape index (κ3) is 6.45. The Hall–Kier alpha value is -2.45. The Morgan fingerprint density at radius 3 is 2.50 bits per heavy atom. The lowest BCUT2D eigenvalue weighted by atomic mass is 10.1. The first-order chi connectivity index (χ1) is 12.5. The van der Waals surface area contributed by atoms with Crippen LogP contribution in [-0.2, 0) is 16.1 Å². The fourth-order valence-corrected chi connectivity index (χ4v) is 2.98. The normalized spacial score (nSPS) is 10.4. The fourth-order valence-electron chi connectivity index (χ4n) is 2.29. The van der Waals surface area contributed by atoms with Gasteiger partial charge in [-0.25, -0.2) is 4.98 Å². The van der Waals surface area contributed by atoms with Gasteiger partial charge in [0.1, 0.15) is 29.7 Å². The predicted molar refractivity (Wildman–Crippen MR) is 99.6 cm³/mol. The van der Waals surface area contributed by atoms with E-state index < -0.39 is 0 Å². The van der Waals surface area contributed by atoms with Crippen molar-refractivity contribution in [1.82, 2.24) is 15.6 Å². The van der Waals surface area contributed by atoms with Gasteiger partial charge in [0.05, 0.1) is 0 Å². The van der Waals surface area contributed by atoms with E-state index in [1.54, 1.807) is 5.38 Å². The zero-order valence-corrected chi connectivity index (χ0v) is 15.9. The molecule has 0 aliphatic carbocycles. The van der Waals surface area contributed by atoms with E-state index in [0.29, 0.717) is 25.4 Å². The lowest BCUT2D eigenvalue weighted by Crippen LogP contribution is -2.36. The molecule has 0 atom stereocenters. The molecule has 7 nitrogen and oxygen atoms in total. The number of ether oxygens (including phenoxy) is 2. The molecule has 0 spiro atoms. The number of carbonyl (C=O) groups is 2. The van der Waals surface area contributed by atoms with Gasteiger partial charge in [0, 0.05) is 25.6 Å². The molecule has 2 rings (SSSR count). The Balaban J connectivity index is 1.77. The topological polar surface area (TPSA) is 89.6 Å². The highest BCUT2D eigenvalue weighted by molar-refractivity contribution is 7.09. The maximum atomic E-state index is 12.0. The van der Waals surface area contributed by atoms with E-state index in [-0.39, 0.29) is 18.4 Å². The number of carbonyl (C=O) groups excluding carboxylic acids is 2. The van der Waals surface area contributed by atoms with Gasteiger partial charge < -0.3 is 20.1 Å². The van der Waals surface area contributed by atoms with Gasteiger partial charge in [-0.05, 0) is 37.1 Å². The number of hydrogen-bond acceptors (Lipinski definition) is 6. The number of nitrogens with zero attached hydrogens (tertiary/aromatic N) is 1. The van der Waals surface area contributed by atoms with E-state index in [1.165, 1.54) is 18.4 Å². The van der Waals surface area contributed by atoms with Gasteiger partial charge in [0.2, 0.25) is 5.91 Å². The van der Waals surface area contributed by atoms with Crippen molar-refractivity contribution in [2.45, 2.75) is 20.5 Å². The largest absolute Gasteiger partial charge is 0.486 e. The SMILES string of the molecule is COCC(=O)NCCNC(=O)c1csc(COc2cc(C)cc(C)c2)n1. The molecule has 1 heterocycles. The van der Waals surface area contributed by atoms with E-state index in [4.69, 9.17) is 9.47 Å². The number of aryl methyl sites for hydroxylation is 2. The second kappa shape index (κ2) is 9.88. The van der Waals surface area contributed by atoms with E-state index in [0.717, 1.165) is 21.9 Å². The molecule has 8 heteroatoms. The summed E-state index contributed by atoms with van der Waals surface area (Å²) in [7, 11) is 1.45. The van der Waals surface area contributed by atoms with Crippen molar-refractivity contribution >= 4 is 23.2 Å². The average molecular weight is 377 g/mol. The van der Waals surface area contributed by atoms with Gasteiger partial charge in [-0.1, -0.05) is 6.07 Å². The summed E-state index contributed by atoms with van der Waals surface area (Å²) in [5, 5.41) is 7.75. The Morgan fingerprint density at radius 2 is 1.81 bits per heavy atom. The van der Waals surface area contributed by atoms with E-state index in [1.807, 2.05) is 26.0 Å². The lowest BCUT2D eigenvalue weighted by Gasteiger charge is -2.06. The second-order valence-electron chi connectivity index (χ2n) is 5.78. The van der Waals surface area contributed by atoms with Crippen LogP contribution in [0.15, 0.2) is 23.6 Å². The summed E-state index contributed by atoms with van der Waals surface area (Å²) in [6.07, 6.45) is 0. The molecule has 26 heavy (non-hydrogen) atoms. The quantitative estimate of drug-likeness (QED) is 0.651. The van der Waals surface area contributed by atoms with Crippen LogP contribution >= 0.6 is 11.3 Å². The molecule has 1 aromatic carbocycles. The van der Waals surface area contributed by atoms with Crippen LogP contribution in [0.3, 0.4) is 0 Å². The van der Waals surface area contributed by atoms with Gasteiger partial charge in [-0.3, -0.25) is 9.59 Å². The van der Waals surface area contributed by atoms with Crippen molar-refractivity contribution < 1.29 is 19.1 Å². The van der Waals surface area contributed by atoms with Crippen molar-refractivity contribution in [3.8, 4) is 5.75 Å². The molecule has 0 radical (unpaired) electrons. The number of thiazole rings is 1. The molecular formula is C18H23N3O4S. The van der Waals surface area contributed by atoms with Gasteiger partial charge >= 0.3 is 0 Å². The Kier molecular flexibility index (Phi) is 7.55. The van der Waals surface area contributed by atoms with Crippen molar-refractivity contribution in [2.24, 2.45) is 0 Å². The Morgan fingerprint density at radius 1 is 1.12 bits per heavy atom. The minimum Gasteiger partial charge on any atom is -0.486 e. The Labute approximate surface area is 156 Å². The molecule has 1 aromatic heterocycles. The van der Waals surface area contributed by atoms with E-state index in [2.05, 4.69) is 21.7 Å². The van der Waals surface area contributed by atoms with Crippen molar-refractivity contribution in [2.75, 3.05) is 26.8 Å². The van der Waals surface area contributed by atoms with Crippen molar-refractivity contribution in [3.63, 3.8) is 0 Å². The zero-order valence-electron chi connectivity index (χ0n) is 15.1. The molecule has 2 amide bonds. The summed E-state index contributed by atoms with van der Waals surface area (Å²) in [6.45, 7) is 5.01. The van der Waals surface area contributed by atoms with Crippen LogP contribution in [0.5, 0.6) is 5.75 Å². The number of hydrogen-bond donors (Lipinski definition) is 2. The van der Waals surface area contributed by atoms with Crippen LogP contribution in [0.25, 0.3) is 0 Å². The first kappa shape index (κ1) is 19.9. The lowest BCUT2D eigenvalue weighted by molar-refractivity contribution is -0.124. The van der Waals surface area contributed by atoms with E-state index >= 15 is 0 Å². The monoisotopic (exact) mass is 377 g/mol. The zero-order chi connectivity index (χ0) is 18.9. The van der Waals surface area contributed by atoms with Crippen LogP contribution in [0, 0.1) is 13.8 Å². The van der Waals surface area contributed by atoms with Gasteiger partial charge in [-0.2, -0.15) is 0 Å². The molecule has 0 unspecified atom stereocenters. The summed E-state index contributed by atoms with van der Waals surface area (Å²) in [4.78, 5) is 27.6. The molecule has 2 N–H and O–H groups in total. The second-order valence-corrected chi connectivity index (χ2v) is 6.72. The molecule has 0 bridgehead atoms. The molecule has 0 aliphatic heterocycles. The molecular weight excluding hydrogens is 354 g/mol. The average Bonchev–Trinajstić information content (AvgIpc) is 3.05. The first-order valence-electron chi connectivity index (χ1n) is 8.17. The Bertz CT molecular complexity index is 740. The van der Waals surface area contributed by atoms with Crippen LogP contribution in [0.2, 0.25) is 0 Å². The number of nitrogens with one attached hydrogen (secondary N) is 2. The highest BCUT2D eigenvalue weighted by Crippen LogP contribution is 2.19. The van der Waals surface area contributed by atoms with Crippen molar-refractivity contribution in [3.05, 3.63) is 45.4 Å². The highest BCUT2D eigenvalue weighted by Gasteiger charge is 2.11. The van der Waals surface area contributed by atoms with Crippen LogP contribution in [0.1, 0.15) is 26.6 Å². The molecule has 2 aromatic rings. The summed E-state index contributed by atoms with van der Waals surface area (Å²) in [5.74, 6) is 0.289. The summed E-state index contributed by atoms with van der Waals surface area (Å²) >= 11 is 1.37. The minimum atomic E-state index is -0.278. The fraction of sp³-hybridized carbons (Fsp3) is 0.389. The van der Waals surface area contributed by atoms with E-state index in [9.17, 15) is 9.59 Å². The van der Waals surface area contributed by atoms with Crippen LogP contribution < -0.4 is 15.4 Å². The molecule has 0 fully saturated rings. The third-order valence-corrected chi connectivity index (χ3v) is 4.17. The van der Waals surface area contributed by atoms with Crippen LogP contribution in [-0.4, -0.2) is 43.6 Å². The van der Waals surface area contributed by atoms with Gasteiger partial charge in [0.15, 0.2) is 0 Å². The smallest absolute Gasteiger partial charge is 0.270 e. The van der Waals surface area contributed by atoms with Crippen molar-refractivity contribution in [1.29, 1.82) is 0 Å². The number of amides is 2. The summed E-state index contributed by atoms with van der Waals surface area (Å²) in [5.41, 5.74) is 2.62. The van der Waals surface area contributed by atoms with Crippen LogP contribution in [0.4, 0.5) is 0 Å². The molecule has 0 saturated heterocycles. The third-order valence-electron chi connectivity index (χ3n) is 3.35. The number of benzene rings is 1. The number of rotatable bonds is 9.